The van der Waals surface area contributed by atoms with E-state index < -0.39 is 5.82 Å². The first kappa shape index (κ1) is 39.1. The molecule has 3 aliphatic heterocycles. The Kier molecular flexibility index (Phi) is 14.6. The van der Waals surface area contributed by atoms with Crippen LogP contribution in [0.1, 0.15) is 96.5 Å². The number of aromatic nitrogens is 1. The largest absolute Gasteiger partial charge is 0.480 e. The second-order valence-electron chi connectivity index (χ2n) is 14.0. The molecule has 4 aliphatic rings. The minimum absolute atomic E-state index is 0.0749. The van der Waals surface area contributed by atoms with E-state index in [0.29, 0.717) is 63.3 Å². The number of halogens is 2. The van der Waals surface area contributed by atoms with Crippen molar-refractivity contribution in [2.75, 3.05) is 58.6 Å². The molecule has 2 aromatic rings. The second kappa shape index (κ2) is 19.1. The normalized spacial score (nSPS) is 21.9. The van der Waals surface area contributed by atoms with Crippen molar-refractivity contribution in [3.8, 4) is 5.88 Å². The molecular formula is C39H57ClFN7O3. The average Bonchev–Trinajstić information content (AvgIpc) is 3.81. The number of methoxy groups -OCH3 is 1. The van der Waals surface area contributed by atoms with Gasteiger partial charge in [0, 0.05) is 49.4 Å². The van der Waals surface area contributed by atoms with Crippen molar-refractivity contribution in [1.82, 2.24) is 15.2 Å². The van der Waals surface area contributed by atoms with Crippen molar-refractivity contribution in [2.45, 2.75) is 104 Å². The van der Waals surface area contributed by atoms with E-state index in [0.717, 1.165) is 51.0 Å². The van der Waals surface area contributed by atoms with E-state index in [2.05, 4.69) is 39.5 Å². The molecular weight excluding hydrogens is 669 g/mol. The van der Waals surface area contributed by atoms with E-state index in [9.17, 15) is 0 Å². The van der Waals surface area contributed by atoms with Crippen LogP contribution in [0.4, 0.5) is 15.8 Å². The molecule has 1 aromatic carbocycles. The highest BCUT2D eigenvalue weighted by molar-refractivity contribution is 6.31. The molecule has 6 rings (SSSR count). The van der Waals surface area contributed by atoms with Gasteiger partial charge in [-0.3, -0.25) is 0 Å². The van der Waals surface area contributed by atoms with Crippen molar-refractivity contribution < 1.29 is 18.6 Å². The Balaban J connectivity index is 0.000000761. The molecule has 2 saturated heterocycles. The fraction of sp³-hybridized carbons (Fsp3) is 0.641. The Morgan fingerprint density at radius 2 is 2.00 bits per heavy atom. The molecule has 3 fully saturated rings. The van der Waals surface area contributed by atoms with Gasteiger partial charge in [-0.1, -0.05) is 31.4 Å². The van der Waals surface area contributed by atoms with Crippen molar-refractivity contribution in [3.05, 3.63) is 43.5 Å². The zero-order valence-electron chi connectivity index (χ0n) is 31.1. The number of benzene rings is 1. The summed E-state index contributed by atoms with van der Waals surface area (Å²) < 4.78 is 33.9. The summed E-state index contributed by atoms with van der Waals surface area (Å²) in [6.45, 7) is 15.0. The average molecular weight is 726 g/mol. The summed E-state index contributed by atoms with van der Waals surface area (Å²) in [4.78, 5) is 11.1. The Bertz CT molecular complexity index is 1730. The fourth-order valence-corrected chi connectivity index (χ4v) is 8.22. The molecule has 12 heteroatoms. The number of unbranched alkanes of at least 4 members (excludes halogenated alkanes) is 1. The van der Waals surface area contributed by atoms with E-state index in [1.165, 1.54) is 58.5 Å². The molecule has 4 heterocycles. The van der Waals surface area contributed by atoms with Crippen molar-refractivity contribution >= 4 is 41.7 Å². The third kappa shape index (κ3) is 9.10. The first-order valence-corrected chi connectivity index (χ1v) is 19.3. The predicted molar refractivity (Wildman–Crippen MR) is 204 cm³/mol. The van der Waals surface area contributed by atoms with E-state index in [1.807, 2.05) is 24.8 Å². The van der Waals surface area contributed by atoms with Crippen LogP contribution in [-0.2, 0) is 9.47 Å². The lowest BCUT2D eigenvalue weighted by Crippen LogP contribution is -2.46. The van der Waals surface area contributed by atoms with Crippen LogP contribution < -0.4 is 25.8 Å². The van der Waals surface area contributed by atoms with Gasteiger partial charge in [0.1, 0.15) is 23.1 Å². The fourth-order valence-electron chi connectivity index (χ4n) is 7.97. The number of hydrogen-bond donors (Lipinski definition) is 2. The summed E-state index contributed by atoms with van der Waals surface area (Å²) in [6, 6.07) is 2.43. The van der Waals surface area contributed by atoms with E-state index in [-0.39, 0.29) is 23.6 Å². The lowest BCUT2D eigenvalue weighted by molar-refractivity contribution is 0.0661. The highest BCUT2D eigenvalue weighted by Gasteiger charge is 2.43. The highest BCUT2D eigenvalue weighted by atomic mass is 35.5. The number of anilines is 1. The lowest BCUT2D eigenvalue weighted by Gasteiger charge is -2.40. The molecule has 0 amide bonds. The van der Waals surface area contributed by atoms with Crippen LogP contribution in [-0.4, -0.2) is 75.9 Å². The Morgan fingerprint density at radius 3 is 2.69 bits per heavy atom. The van der Waals surface area contributed by atoms with Crippen LogP contribution in [0.25, 0.3) is 12.0 Å². The van der Waals surface area contributed by atoms with Crippen LogP contribution in [0, 0.1) is 28.7 Å². The Hall–Kier alpha value is -3.12. The van der Waals surface area contributed by atoms with Crippen molar-refractivity contribution in [3.63, 3.8) is 0 Å². The van der Waals surface area contributed by atoms with Gasteiger partial charge in [0.15, 0.2) is 5.82 Å². The van der Waals surface area contributed by atoms with Gasteiger partial charge in [-0.15, -0.1) is 0 Å². The van der Waals surface area contributed by atoms with E-state index in [4.69, 9.17) is 30.8 Å². The quantitative estimate of drug-likeness (QED) is 0.118. The van der Waals surface area contributed by atoms with Crippen LogP contribution in [0.15, 0.2) is 21.3 Å². The molecule has 280 valence electrons. The number of ether oxygens (including phenoxy) is 3. The number of rotatable bonds is 14. The third-order valence-corrected chi connectivity index (χ3v) is 11.1. The zero-order valence-corrected chi connectivity index (χ0v) is 31.8. The molecule has 1 aromatic heterocycles. The van der Waals surface area contributed by atoms with Gasteiger partial charge in [-0.2, -0.15) is 10.2 Å². The maximum absolute atomic E-state index is 17.1. The monoisotopic (exact) mass is 725 g/mol. The highest BCUT2D eigenvalue weighted by Crippen LogP contribution is 2.47. The molecule has 0 bridgehead atoms. The topological polar surface area (TPSA) is 105 Å². The molecule has 1 saturated carbocycles. The van der Waals surface area contributed by atoms with Crippen LogP contribution in [0.5, 0.6) is 5.88 Å². The lowest BCUT2D eigenvalue weighted by atomic mass is 9.72. The first-order valence-electron chi connectivity index (χ1n) is 19.0. The number of aliphatic imine (C=N–C) groups is 1. The van der Waals surface area contributed by atoms with Crippen molar-refractivity contribution in [1.29, 1.82) is 0 Å². The van der Waals surface area contributed by atoms with Gasteiger partial charge in [-0.25, -0.2) is 14.4 Å². The summed E-state index contributed by atoms with van der Waals surface area (Å²) in [6.07, 6.45) is 15.6. The van der Waals surface area contributed by atoms with Gasteiger partial charge >= 0.3 is 0 Å². The third-order valence-electron chi connectivity index (χ3n) is 10.6. The number of nitrogens with zero attached hydrogens (tertiary/aromatic N) is 5. The van der Waals surface area contributed by atoms with Crippen LogP contribution in [0.2, 0.25) is 5.02 Å². The second-order valence-corrected chi connectivity index (χ2v) is 14.4. The molecule has 10 nitrogen and oxygen atoms in total. The van der Waals surface area contributed by atoms with Crippen LogP contribution >= 0.6 is 11.6 Å². The van der Waals surface area contributed by atoms with E-state index in [1.54, 1.807) is 6.20 Å². The van der Waals surface area contributed by atoms with Gasteiger partial charge in [0.25, 0.3) is 0 Å². The molecule has 51 heavy (non-hydrogen) atoms. The van der Waals surface area contributed by atoms with Gasteiger partial charge in [0.05, 0.1) is 29.7 Å². The van der Waals surface area contributed by atoms with Crippen molar-refractivity contribution in [2.24, 2.45) is 20.6 Å². The maximum atomic E-state index is 17.1. The zero-order chi connectivity index (χ0) is 36.2. The smallest absolute Gasteiger partial charge is 0.227 e. The van der Waals surface area contributed by atoms with Gasteiger partial charge in [0.2, 0.25) is 5.88 Å². The van der Waals surface area contributed by atoms with Gasteiger partial charge in [-0.05, 0) is 108 Å². The van der Waals surface area contributed by atoms with Crippen LogP contribution in [0.3, 0.4) is 0 Å². The number of piperidine rings is 1. The number of aryl methyl sites for hydroxylation is 1. The van der Waals surface area contributed by atoms with E-state index >= 15 is 4.39 Å². The summed E-state index contributed by atoms with van der Waals surface area (Å²) in [5, 5.41) is 17.5. The van der Waals surface area contributed by atoms with Gasteiger partial charge < -0.3 is 29.7 Å². The molecule has 2 atom stereocenters. The molecule has 0 radical (unpaired) electrons. The number of azo groups is 1. The maximum Gasteiger partial charge on any atom is 0.227 e. The SMILES string of the molecule is C1CCOCC1.C=N/C(=c1/c(OC)n/c(=c2/c(Cl)c(C)cc3c2=CN=N3)c(F)c1NCCCC12CCCNC1CCC2)N(CCCC)COCC. The number of pyridine rings is 1. The number of nitrogens with one attached hydrogen (secondary N) is 2. The summed E-state index contributed by atoms with van der Waals surface area (Å²) in [5.41, 5.74) is 1.97. The Labute approximate surface area is 307 Å². The number of hydrogen-bond acceptors (Lipinski definition) is 10. The standard InChI is InChI=1S/C34H47ClFN7O2.C5H10O/c1-6-8-18-43(21-45-7-2)32(37-4)27-30(39-17-11-15-34-13-9-12-25(34)38-16-10-14-34)29(36)31(41-33(27)44-5)26-23-20-40-42-24(23)19-22(3)28(26)35;1-2-4-6-5-3-1/h19-20,25,38-39H,4,6-18,21H2,1-3,5H3;1-5H2/b31-26+,32-27-;. The molecule has 0 spiro atoms. The summed E-state index contributed by atoms with van der Waals surface area (Å²) in [5.74, 6) is 0.140. The summed E-state index contributed by atoms with van der Waals surface area (Å²) >= 11 is 6.85. The minimum atomic E-state index is -0.537. The molecule has 2 unspecified atom stereocenters. The summed E-state index contributed by atoms with van der Waals surface area (Å²) in [7, 11) is 1.53. The number of fused-ring (bicyclic) bond motifs is 2. The first-order chi connectivity index (χ1) is 24.9. The Morgan fingerprint density at radius 1 is 1.20 bits per heavy atom. The predicted octanol–water partition coefficient (Wildman–Crippen LogP) is 7.48. The minimum Gasteiger partial charge on any atom is -0.480 e. The molecule has 1 aliphatic carbocycles. The molecule has 2 N–H and O–H groups in total.